The Balaban J connectivity index is 1.67. The van der Waals surface area contributed by atoms with E-state index in [4.69, 9.17) is 4.74 Å². The molecule has 1 aliphatic rings. The van der Waals surface area contributed by atoms with Gasteiger partial charge < -0.3 is 10.1 Å². The molecule has 0 atom stereocenters. The molecular formula is C14H17BrN4O. The van der Waals surface area contributed by atoms with Gasteiger partial charge in [-0.25, -0.2) is 4.68 Å². The predicted molar refractivity (Wildman–Crippen MR) is 79.7 cm³/mol. The second kappa shape index (κ2) is 5.93. The third-order valence-corrected chi connectivity index (χ3v) is 4.09. The summed E-state index contributed by atoms with van der Waals surface area (Å²) in [7, 11) is 1.67. The van der Waals surface area contributed by atoms with Crippen molar-refractivity contribution in [2.24, 2.45) is 0 Å². The molecule has 0 bridgehead atoms. The van der Waals surface area contributed by atoms with Crippen molar-refractivity contribution in [3.8, 4) is 5.75 Å². The lowest BCUT2D eigenvalue weighted by atomic mass is 10.2. The number of benzene rings is 1. The molecule has 6 heteroatoms. The quantitative estimate of drug-likeness (QED) is 0.879. The van der Waals surface area contributed by atoms with E-state index in [9.17, 15) is 0 Å². The number of halogens is 1. The summed E-state index contributed by atoms with van der Waals surface area (Å²) >= 11 is 3.55. The zero-order valence-corrected chi connectivity index (χ0v) is 12.9. The normalized spacial score (nSPS) is 14.5. The zero-order chi connectivity index (χ0) is 13.9. The van der Waals surface area contributed by atoms with Gasteiger partial charge in [-0.15, -0.1) is 5.10 Å². The van der Waals surface area contributed by atoms with Crippen molar-refractivity contribution in [2.75, 3.05) is 7.11 Å². The summed E-state index contributed by atoms with van der Waals surface area (Å²) in [6.45, 7) is 1.47. The number of aromatic nitrogens is 3. The topological polar surface area (TPSA) is 52.0 Å². The van der Waals surface area contributed by atoms with Gasteiger partial charge in [0.25, 0.3) is 0 Å². The van der Waals surface area contributed by atoms with Crippen molar-refractivity contribution in [2.45, 2.75) is 32.0 Å². The molecule has 0 aliphatic heterocycles. The Morgan fingerprint density at radius 3 is 3.05 bits per heavy atom. The maximum absolute atomic E-state index is 5.25. The Morgan fingerprint density at radius 2 is 2.30 bits per heavy atom. The predicted octanol–water partition coefficient (Wildman–Crippen LogP) is 2.35. The van der Waals surface area contributed by atoms with Crippen LogP contribution in [0.15, 0.2) is 28.9 Å². The second-order valence-corrected chi connectivity index (χ2v) is 5.87. The maximum Gasteiger partial charge on any atom is 0.119 e. The fraction of sp³-hybridized carbons (Fsp3) is 0.429. The second-order valence-electron chi connectivity index (χ2n) is 5.02. The molecule has 1 aromatic carbocycles. The Labute approximate surface area is 126 Å². The molecule has 20 heavy (non-hydrogen) atoms. The highest BCUT2D eigenvalue weighted by atomic mass is 79.9. The molecule has 1 heterocycles. The summed E-state index contributed by atoms with van der Waals surface area (Å²) < 4.78 is 8.15. The summed E-state index contributed by atoms with van der Waals surface area (Å²) in [6, 6.07) is 6.61. The van der Waals surface area contributed by atoms with Crippen molar-refractivity contribution >= 4 is 15.9 Å². The molecule has 1 aliphatic carbocycles. The van der Waals surface area contributed by atoms with Crippen LogP contribution < -0.4 is 10.1 Å². The SMILES string of the molecule is COc1ccc(Br)c(Cn2cc(CNC3CC3)nn2)c1. The number of nitrogens with zero attached hydrogens (tertiary/aromatic N) is 3. The van der Waals surface area contributed by atoms with Gasteiger partial charge in [-0.2, -0.15) is 0 Å². The van der Waals surface area contributed by atoms with Gasteiger partial charge >= 0.3 is 0 Å². The Kier molecular flexibility index (Phi) is 4.03. The van der Waals surface area contributed by atoms with Crippen LogP contribution in [0.5, 0.6) is 5.75 Å². The molecular weight excluding hydrogens is 320 g/mol. The van der Waals surface area contributed by atoms with Crippen LogP contribution in [-0.2, 0) is 13.1 Å². The third-order valence-electron chi connectivity index (χ3n) is 3.32. The van der Waals surface area contributed by atoms with Crippen LogP contribution in [0, 0.1) is 0 Å². The minimum Gasteiger partial charge on any atom is -0.497 e. The molecule has 2 aromatic rings. The summed E-state index contributed by atoms with van der Waals surface area (Å²) in [4.78, 5) is 0. The Hall–Kier alpha value is -1.40. The lowest BCUT2D eigenvalue weighted by molar-refractivity contribution is 0.414. The van der Waals surface area contributed by atoms with Crippen LogP contribution >= 0.6 is 15.9 Å². The third kappa shape index (κ3) is 3.37. The number of methoxy groups -OCH3 is 1. The molecule has 1 fully saturated rings. The summed E-state index contributed by atoms with van der Waals surface area (Å²) in [6.07, 6.45) is 4.55. The van der Waals surface area contributed by atoms with Crippen LogP contribution in [-0.4, -0.2) is 28.1 Å². The fourth-order valence-corrected chi connectivity index (χ4v) is 2.38. The van der Waals surface area contributed by atoms with Crippen LogP contribution in [0.3, 0.4) is 0 Å². The van der Waals surface area contributed by atoms with E-state index in [1.54, 1.807) is 7.11 Å². The first-order valence-corrected chi connectivity index (χ1v) is 7.48. The molecule has 1 aromatic heterocycles. The molecule has 0 radical (unpaired) electrons. The largest absolute Gasteiger partial charge is 0.497 e. The van der Waals surface area contributed by atoms with E-state index in [1.165, 1.54) is 12.8 Å². The number of hydrogen-bond acceptors (Lipinski definition) is 4. The van der Waals surface area contributed by atoms with E-state index in [0.717, 1.165) is 28.0 Å². The zero-order valence-electron chi connectivity index (χ0n) is 11.3. The van der Waals surface area contributed by atoms with Crippen LogP contribution in [0.2, 0.25) is 0 Å². The molecule has 0 unspecified atom stereocenters. The van der Waals surface area contributed by atoms with Gasteiger partial charge in [-0.3, -0.25) is 0 Å². The monoisotopic (exact) mass is 336 g/mol. The van der Waals surface area contributed by atoms with Crippen molar-refractivity contribution in [1.82, 2.24) is 20.3 Å². The van der Waals surface area contributed by atoms with Crippen LogP contribution in [0.4, 0.5) is 0 Å². The highest BCUT2D eigenvalue weighted by Gasteiger charge is 2.20. The van der Waals surface area contributed by atoms with Gasteiger partial charge in [0.2, 0.25) is 0 Å². The minimum absolute atomic E-state index is 0.675. The molecule has 1 N–H and O–H groups in total. The van der Waals surface area contributed by atoms with Gasteiger partial charge in [0.1, 0.15) is 5.75 Å². The highest BCUT2D eigenvalue weighted by molar-refractivity contribution is 9.10. The first-order chi connectivity index (χ1) is 9.74. The van der Waals surface area contributed by atoms with E-state index in [0.29, 0.717) is 12.6 Å². The Bertz CT molecular complexity index is 595. The summed E-state index contributed by atoms with van der Waals surface area (Å²) in [5.41, 5.74) is 2.10. The number of ether oxygens (including phenoxy) is 1. The van der Waals surface area contributed by atoms with Gasteiger partial charge in [0, 0.05) is 17.1 Å². The first kappa shape index (κ1) is 13.6. The molecule has 106 valence electrons. The van der Waals surface area contributed by atoms with E-state index in [-0.39, 0.29) is 0 Å². The van der Waals surface area contributed by atoms with Gasteiger partial charge in [0.15, 0.2) is 0 Å². The smallest absolute Gasteiger partial charge is 0.119 e. The van der Waals surface area contributed by atoms with Crippen molar-refractivity contribution in [1.29, 1.82) is 0 Å². The van der Waals surface area contributed by atoms with Gasteiger partial charge in [-0.1, -0.05) is 21.1 Å². The van der Waals surface area contributed by atoms with E-state index >= 15 is 0 Å². The molecule has 3 rings (SSSR count). The average molecular weight is 337 g/mol. The standard InChI is InChI=1S/C14H17BrN4O/c1-20-13-4-5-14(15)10(6-13)8-19-9-12(17-18-19)7-16-11-2-3-11/h4-6,9,11,16H,2-3,7-8H2,1H3. The molecule has 1 saturated carbocycles. The van der Waals surface area contributed by atoms with E-state index in [2.05, 4.69) is 31.6 Å². The summed E-state index contributed by atoms with van der Waals surface area (Å²) in [5.74, 6) is 0.846. The molecule has 0 saturated heterocycles. The van der Waals surface area contributed by atoms with Crippen LogP contribution in [0.1, 0.15) is 24.1 Å². The van der Waals surface area contributed by atoms with Gasteiger partial charge in [-0.05, 0) is 36.6 Å². The lowest BCUT2D eigenvalue weighted by Gasteiger charge is -2.07. The highest BCUT2D eigenvalue weighted by Crippen LogP contribution is 2.23. The fourth-order valence-electron chi connectivity index (χ4n) is 2.01. The Morgan fingerprint density at radius 1 is 1.45 bits per heavy atom. The van der Waals surface area contributed by atoms with E-state index < -0.39 is 0 Å². The molecule has 0 spiro atoms. The number of hydrogen-bond donors (Lipinski definition) is 1. The first-order valence-electron chi connectivity index (χ1n) is 6.69. The number of nitrogens with one attached hydrogen (secondary N) is 1. The lowest BCUT2D eigenvalue weighted by Crippen LogP contribution is -2.15. The average Bonchev–Trinajstić information content (AvgIpc) is 3.19. The van der Waals surface area contributed by atoms with Crippen molar-refractivity contribution in [3.05, 3.63) is 40.1 Å². The minimum atomic E-state index is 0.675. The van der Waals surface area contributed by atoms with E-state index in [1.807, 2.05) is 29.1 Å². The molecule has 0 amide bonds. The molecule has 5 nitrogen and oxygen atoms in total. The van der Waals surface area contributed by atoms with Crippen molar-refractivity contribution < 1.29 is 4.74 Å². The van der Waals surface area contributed by atoms with Crippen molar-refractivity contribution in [3.63, 3.8) is 0 Å². The summed E-state index contributed by atoms with van der Waals surface area (Å²) in [5, 5.41) is 11.8. The maximum atomic E-state index is 5.25. The number of rotatable bonds is 6. The van der Waals surface area contributed by atoms with Crippen LogP contribution in [0.25, 0.3) is 0 Å². The van der Waals surface area contributed by atoms with Gasteiger partial charge in [0.05, 0.1) is 25.5 Å².